The van der Waals surface area contributed by atoms with Crippen molar-refractivity contribution in [2.24, 2.45) is 0 Å². The Morgan fingerprint density at radius 2 is 1.81 bits per heavy atom. The van der Waals surface area contributed by atoms with E-state index in [1.54, 1.807) is 24.1 Å². The van der Waals surface area contributed by atoms with Gasteiger partial charge in [0.25, 0.3) is 11.6 Å². The standard InChI is InChI=1S/C20H24N4O3/c1-14-5-4-6-18(15(14)2)22-9-11-23(12-10-22)20(25)16-7-8-17(21-3)19(13-16)24(26)27/h4-8,13,21H,9-12H2,1-3H3. The molecular weight excluding hydrogens is 344 g/mol. The fourth-order valence-corrected chi connectivity index (χ4v) is 3.44. The summed E-state index contributed by atoms with van der Waals surface area (Å²) in [6, 6.07) is 10.8. The van der Waals surface area contributed by atoms with Gasteiger partial charge in [0.05, 0.1) is 4.92 Å². The van der Waals surface area contributed by atoms with Gasteiger partial charge < -0.3 is 15.1 Å². The molecule has 1 fully saturated rings. The van der Waals surface area contributed by atoms with E-state index >= 15 is 0 Å². The van der Waals surface area contributed by atoms with Crippen LogP contribution in [0.4, 0.5) is 17.1 Å². The normalized spacial score (nSPS) is 14.2. The highest BCUT2D eigenvalue weighted by Crippen LogP contribution is 2.27. The third-order valence-corrected chi connectivity index (χ3v) is 5.19. The lowest BCUT2D eigenvalue weighted by Gasteiger charge is -2.37. The van der Waals surface area contributed by atoms with Crippen LogP contribution in [0.15, 0.2) is 36.4 Å². The van der Waals surface area contributed by atoms with E-state index in [1.807, 2.05) is 0 Å². The number of benzene rings is 2. The minimum absolute atomic E-state index is 0.0858. The summed E-state index contributed by atoms with van der Waals surface area (Å²) < 4.78 is 0. The Morgan fingerprint density at radius 1 is 1.11 bits per heavy atom. The summed E-state index contributed by atoms with van der Waals surface area (Å²) in [5.41, 5.74) is 4.38. The van der Waals surface area contributed by atoms with Gasteiger partial charge in [-0.3, -0.25) is 14.9 Å². The first-order valence-corrected chi connectivity index (χ1v) is 8.99. The molecule has 1 heterocycles. The van der Waals surface area contributed by atoms with Crippen molar-refractivity contribution in [1.82, 2.24) is 4.90 Å². The van der Waals surface area contributed by atoms with Crippen molar-refractivity contribution >= 4 is 23.0 Å². The van der Waals surface area contributed by atoms with Gasteiger partial charge in [0, 0.05) is 50.5 Å². The molecule has 7 heteroatoms. The van der Waals surface area contributed by atoms with Gasteiger partial charge in [-0.05, 0) is 43.2 Å². The topological polar surface area (TPSA) is 78.7 Å². The molecule has 3 rings (SSSR count). The van der Waals surface area contributed by atoms with Crippen LogP contribution < -0.4 is 10.2 Å². The number of nitro groups is 1. The third-order valence-electron chi connectivity index (χ3n) is 5.19. The van der Waals surface area contributed by atoms with Gasteiger partial charge in [0.15, 0.2) is 0 Å². The van der Waals surface area contributed by atoms with E-state index in [4.69, 9.17) is 0 Å². The van der Waals surface area contributed by atoms with Gasteiger partial charge in [0.1, 0.15) is 5.69 Å². The van der Waals surface area contributed by atoms with Crippen LogP contribution in [0.5, 0.6) is 0 Å². The van der Waals surface area contributed by atoms with E-state index in [0.717, 1.165) is 13.1 Å². The number of carbonyl (C=O) groups excluding carboxylic acids is 1. The fourth-order valence-electron chi connectivity index (χ4n) is 3.44. The average molecular weight is 368 g/mol. The molecule has 1 aliphatic heterocycles. The van der Waals surface area contributed by atoms with Gasteiger partial charge in [0.2, 0.25) is 0 Å². The number of nitrogens with zero attached hydrogens (tertiary/aromatic N) is 3. The summed E-state index contributed by atoms with van der Waals surface area (Å²) in [4.78, 5) is 27.6. The number of piperazine rings is 1. The first kappa shape index (κ1) is 18.7. The zero-order valence-electron chi connectivity index (χ0n) is 15.9. The van der Waals surface area contributed by atoms with E-state index in [2.05, 4.69) is 42.3 Å². The van der Waals surface area contributed by atoms with Crippen LogP contribution in [0.1, 0.15) is 21.5 Å². The number of amides is 1. The summed E-state index contributed by atoms with van der Waals surface area (Å²) >= 11 is 0. The van der Waals surface area contributed by atoms with Crippen LogP contribution in [0, 0.1) is 24.0 Å². The molecule has 0 radical (unpaired) electrons. The Bertz CT molecular complexity index is 874. The van der Waals surface area contributed by atoms with E-state index in [1.165, 1.54) is 22.9 Å². The lowest BCUT2D eigenvalue weighted by Crippen LogP contribution is -2.49. The largest absolute Gasteiger partial charge is 0.383 e. The molecule has 1 aliphatic rings. The molecule has 1 amide bonds. The van der Waals surface area contributed by atoms with Crippen LogP contribution in [-0.2, 0) is 0 Å². The maximum atomic E-state index is 12.8. The molecule has 0 spiro atoms. The summed E-state index contributed by atoms with van der Waals surface area (Å²) in [7, 11) is 1.62. The number of carbonyl (C=O) groups is 1. The van der Waals surface area contributed by atoms with Gasteiger partial charge in [-0.1, -0.05) is 12.1 Å². The predicted molar refractivity (Wildman–Crippen MR) is 107 cm³/mol. The molecule has 0 bridgehead atoms. The molecule has 0 saturated carbocycles. The average Bonchev–Trinajstić information content (AvgIpc) is 2.69. The zero-order chi connectivity index (χ0) is 19.6. The second-order valence-electron chi connectivity index (χ2n) is 6.74. The lowest BCUT2D eigenvalue weighted by atomic mass is 10.1. The Hall–Kier alpha value is -3.09. The molecule has 27 heavy (non-hydrogen) atoms. The van der Waals surface area contributed by atoms with Crippen LogP contribution in [0.25, 0.3) is 0 Å². The van der Waals surface area contributed by atoms with Crippen LogP contribution in [0.2, 0.25) is 0 Å². The highest BCUT2D eigenvalue weighted by molar-refractivity contribution is 5.96. The first-order valence-electron chi connectivity index (χ1n) is 8.99. The number of anilines is 2. The molecule has 0 aromatic heterocycles. The Labute approximate surface area is 158 Å². The molecule has 0 aliphatic carbocycles. The van der Waals surface area contributed by atoms with Crippen LogP contribution >= 0.6 is 0 Å². The molecule has 2 aromatic rings. The Kier molecular flexibility index (Phi) is 5.30. The van der Waals surface area contributed by atoms with E-state index in [-0.39, 0.29) is 11.6 Å². The molecule has 2 aromatic carbocycles. The van der Waals surface area contributed by atoms with E-state index in [9.17, 15) is 14.9 Å². The highest BCUT2D eigenvalue weighted by Gasteiger charge is 2.25. The quantitative estimate of drug-likeness (QED) is 0.662. The lowest BCUT2D eigenvalue weighted by molar-refractivity contribution is -0.384. The Morgan fingerprint density at radius 3 is 2.44 bits per heavy atom. The molecule has 1 N–H and O–H groups in total. The Balaban J connectivity index is 1.73. The maximum absolute atomic E-state index is 12.8. The summed E-state index contributed by atoms with van der Waals surface area (Å²) in [5, 5.41) is 14.0. The smallest absolute Gasteiger partial charge is 0.293 e. The second-order valence-corrected chi connectivity index (χ2v) is 6.74. The molecule has 7 nitrogen and oxygen atoms in total. The number of rotatable bonds is 4. The number of hydrogen-bond acceptors (Lipinski definition) is 5. The number of nitrogens with one attached hydrogen (secondary N) is 1. The van der Waals surface area contributed by atoms with Crippen molar-refractivity contribution in [3.8, 4) is 0 Å². The van der Waals surface area contributed by atoms with Gasteiger partial charge in [-0.25, -0.2) is 0 Å². The summed E-state index contributed by atoms with van der Waals surface area (Å²) in [6.07, 6.45) is 0. The van der Waals surface area contributed by atoms with Crippen molar-refractivity contribution in [2.45, 2.75) is 13.8 Å². The molecule has 1 saturated heterocycles. The molecule has 0 atom stereocenters. The monoisotopic (exact) mass is 368 g/mol. The maximum Gasteiger partial charge on any atom is 0.293 e. The van der Waals surface area contributed by atoms with E-state index < -0.39 is 4.92 Å². The molecule has 0 unspecified atom stereocenters. The minimum atomic E-state index is -0.471. The van der Waals surface area contributed by atoms with Crippen LogP contribution in [-0.4, -0.2) is 49.0 Å². The number of aryl methyl sites for hydroxylation is 1. The van der Waals surface area contributed by atoms with Crippen molar-refractivity contribution in [3.63, 3.8) is 0 Å². The van der Waals surface area contributed by atoms with Crippen molar-refractivity contribution in [1.29, 1.82) is 0 Å². The van der Waals surface area contributed by atoms with Crippen LogP contribution in [0.3, 0.4) is 0 Å². The van der Waals surface area contributed by atoms with Gasteiger partial charge in [-0.2, -0.15) is 0 Å². The summed E-state index contributed by atoms with van der Waals surface area (Å²) in [6.45, 7) is 6.88. The second kappa shape index (κ2) is 7.65. The zero-order valence-corrected chi connectivity index (χ0v) is 15.9. The SMILES string of the molecule is CNc1ccc(C(=O)N2CCN(c3cccc(C)c3C)CC2)cc1[N+](=O)[O-]. The summed E-state index contributed by atoms with van der Waals surface area (Å²) in [5.74, 6) is -0.165. The van der Waals surface area contributed by atoms with Gasteiger partial charge in [-0.15, -0.1) is 0 Å². The third kappa shape index (κ3) is 3.72. The van der Waals surface area contributed by atoms with E-state index in [0.29, 0.717) is 24.3 Å². The fraction of sp³-hybridized carbons (Fsp3) is 0.350. The number of hydrogen-bond donors (Lipinski definition) is 1. The number of nitro benzene ring substituents is 1. The predicted octanol–water partition coefficient (Wildman–Crippen LogP) is 3.22. The minimum Gasteiger partial charge on any atom is -0.383 e. The van der Waals surface area contributed by atoms with Crippen molar-refractivity contribution < 1.29 is 9.72 Å². The van der Waals surface area contributed by atoms with Crippen molar-refractivity contribution in [3.05, 3.63) is 63.2 Å². The first-order chi connectivity index (χ1) is 12.9. The molecule has 142 valence electrons. The molecular formula is C20H24N4O3. The highest BCUT2D eigenvalue weighted by atomic mass is 16.6. The van der Waals surface area contributed by atoms with Gasteiger partial charge >= 0.3 is 0 Å². The van der Waals surface area contributed by atoms with Crippen molar-refractivity contribution in [2.75, 3.05) is 43.4 Å².